The van der Waals surface area contributed by atoms with E-state index in [-0.39, 0.29) is 0 Å². The van der Waals surface area contributed by atoms with Crippen molar-refractivity contribution in [2.45, 2.75) is 20.1 Å². The summed E-state index contributed by atoms with van der Waals surface area (Å²) in [6, 6.07) is 8.09. The first kappa shape index (κ1) is 13.9. The SMILES string of the molecule is CCOc1ccccc1CN(C)Cn1cc(Cl)cn1. The zero-order valence-electron chi connectivity index (χ0n) is 11.2. The number of hydrogen-bond donors (Lipinski definition) is 0. The van der Waals surface area contributed by atoms with Crippen LogP contribution in [0.15, 0.2) is 36.7 Å². The van der Waals surface area contributed by atoms with E-state index in [1.165, 1.54) is 5.56 Å². The molecule has 0 saturated carbocycles. The maximum Gasteiger partial charge on any atom is 0.123 e. The van der Waals surface area contributed by atoms with Crippen LogP contribution in [0.2, 0.25) is 5.02 Å². The molecule has 0 atom stereocenters. The molecule has 1 aromatic carbocycles. The predicted octanol–water partition coefficient (Wildman–Crippen LogP) is 3.02. The number of nitrogens with zero attached hydrogens (tertiary/aromatic N) is 3. The molecule has 0 aliphatic heterocycles. The molecule has 0 saturated heterocycles. The molecule has 2 aromatic rings. The van der Waals surface area contributed by atoms with Crippen molar-refractivity contribution in [3.63, 3.8) is 0 Å². The Bertz CT molecular complexity index is 527. The molecule has 0 N–H and O–H groups in total. The van der Waals surface area contributed by atoms with E-state index in [0.717, 1.165) is 12.3 Å². The lowest BCUT2D eigenvalue weighted by Gasteiger charge is -2.18. The molecule has 0 bridgehead atoms. The third kappa shape index (κ3) is 3.98. The highest BCUT2D eigenvalue weighted by Gasteiger charge is 2.07. The van der Waals surface area contributed by atoms with Gasteiger partial charge in [-0.25, -0.2) is 0 Å². The van der Waals surface area contributed by atoms with Crippen molar-refractivity contribution in [3.05, 3.63) is 47.2 Å². The van der Waals surface area contributed by atoms with Gasteiger partial charge in [-0.15, -0.1) is 0 Å². The second kappa shape index (κ2) is 6.59. The number of aromatic nitrogens is 2. The van der Waals surface area contributed by atoms with Crippen LogP contribution in [0.4, 0.5) is 0 Å². The van der Waals surface area contributed by atoms with Gasteiger partial charge >= 0.3 is 0 Å². The average Bonchev–Trinajstić information content (AvgIpc) is 2.77. The summed E-state index contributed by atoms with van der Waals surface area (Å²) in [6.45, 7) is 4.16. The van der Waals surface area contributed by atoms with Gasteiger partial charge in [-0.05, 0) is 20.0 Å². The quantitative estimate of drug-likeness (QED) is 0.814. The van der Waals surface area contributed by atoms with Crippen molar-refractivity contribution in [1.29, 1.82) is 0 Å². The highest BCUT2D eigenvalue weighted by atomic mass is 35.5. The van der Waals surface area contributed by atoms with Crippen LogP contribution < -0.4 is 4.74 Å². The minimum atomic E-state index is 0.656. The number of para-hydroxylation sites is 1. The second-order valence-corrected chi connectivity index (χ2v) is 4.83. The lowest BCUT2D eigenvalue weighted by molar-refractivity contribution is 0.240. The average molecular weight is 280 g/mol. The molecule has 0 spiro atoms. The fourth-order valence-corrected chi connectivity index (χ4v) is 2.09. The molecule has 102 valence electrons. The van der Waals surface area contributed by atoms with E-state index in [0.29, 0.717) is 18.3 Å². The van der Waals surface area contributed by atoms with Gasteiger partial charge in [0.25, 0.3) is 0 Å². The molecule has 0 aliphatic carbocycles. The number of halogens is 1. The Kier molecular flexibility index (Phi) is 4.82. The van der Waals surface area contributed by atoms with Gasteiger partial charge in [-0.2, -0.15) is 5.10 Å². The maximum absolute atomic E-state index is 5.85. The zero-order valence-corrected chi connectivity index (χ0v) is 12.0. The van der Waals surface area contributed by atoms with Crippen molar-refractivity contribution >= 4 is 11.6 Å². The Morgan fingerprint density at radius 2 is 2.16 bits per heavy atom. The van der Waals surface area contributed by atoms with Gasteiger partial charge in [0.05, 0.1) is 24.5 Å². The normalized spacial score (nSPS) is 10.9. The van der Waals surface area contributed by atoms with Crippen molar-refractivity contribution in [2.75, 3.05) is 13.7 Å². The van der Waals surface area contributed by atoms with Gasteiger partial charge in [0, 0.05) is 18.3 Å². The van der Waals surface area contributed by atoms with Crippen molar-refractivity contribution in [2.24, 2.45) is 0 Å². The van der Waals surface area contributed by atoms with Gasteiger partial charge in [-0.3, -0.25) is 9.58 Å². The third-order valence-electron chi connectivity index (χ3n) is 2.70. The summed E-state index contributed by atoms with van der Waals surface area (Å²) in [5.41, 5.74) is 1.17. The molecule has 1 aromatic heterocycles. The molecular formula is C14H18ClN3O. The van der Waals surface area contributed by atoms with Crippen LogP contribution in [0.1, 0.15) is 12.5 Å². The summed E-state index contributed by atoms with van der Waals surface area (Å²) in [6.07, 6.45) is 3.45. The number of rotatable bonds is 6. The fraction of sp³-hybridized carbons (Fsp3) is 0.357. The Labute approximate surface area is 118 Å². The number of benzene rings is 1. The van der Waals surface area contributed by atoms with Crippen molar-refractivity contribution in [1.82, 2.24) is 14.7 Å². The van der Waals surface area contributed by atoms with E-state index in [9.17, 15) is 0 Å². The molecule has 0 aliphatic rings. The molecule has 0 amide bonds. The molecule has 0 radical (unpaired) electrons. The summed E-state index contributed by atoms with van der Waals surface area (Å²) in [4.78, 5) is 2.15. The number of ether oxygens (including phenoxy) is 1. The first-order valence-electron chi connectivity index (χ1n) is 6.26. The van der Waals surface area contributed by atoms with Gasteiger partial charge in [0.1, 0.15) is 5.75 Å². The smallest absolute Gasteiger partial charge is 0.123 e. The van der Waals surface area contributed by atoms with Crippen LogP contribution in [0, 0.1) is 0 Å². The predicted molar refractivity (Wildman–Crippen MR) is 76.3 cm³/mol. The third-order valence-corrected chi connectivity index (χ3v) is 2.90. The van der Waals surface area contributed by atoms with Crippen molar-refractivity contribution < 1.29 is 4.74 Å². The monoisotopic (exact) mass is 279 g/mol. The van der Waals surface area contributed by atoms with E-state index < -0.39 is 0 Å². The van der Waals surface area contributed by atoms with Crippen LogP contribution in [0.25, 0.3) is 0 Å². The lowest BCUT2D eigenvalue weighted by Crippen LogP contribution is -2.22. The van der Waals surface area contributed by atoms with Gasteiger partial charge in [0.15, 0.2) is 0 Å². The maximum atomic E-state index is 5.85. The molecule has 0 unspecified atom stereocenters. The lowest BCUT2D eigenvalue weighted by atomic mass is 10.2. The minimum absolute atomic E-state index is 0.656. The summed E-state index contributed by atoms with van der Waals surface area (Å²) in [7, 11) is 2.04. The van der Waals surface area contributed by atoms with Gasteiger partial charge in [0.2, 0.25) is 0 Å². The van der Waals surface area contributed by atoms with Gasteiger partial charge in [-0.1, -0.05) is 29.8 Å². The standard InChI is InChI=1S/C14H18ClN3O/c1-3-19-14-7-5-4-6-12(14)9-17(2)11-18-10-13(15)8-16-18/h4-8,10H,3,9,11H2,1-2H3. The van der Waals surface area contributed by atoms with E-state index >= 15 is 0 Å². The Balaban J connectivity index is 2.00. The highest BCUT2D eigenvalue weighted by Crippen LogP contribution is 2.19. The van der Waals surface area contributed by atoms with E-state index in [4.69, 9.17) is 16.3 Å². The van der Waals surface area contributed by atoms with E-state index in [1.807, 2.05) is 43.0 Å². The van der Waals surface area contributed by atoms with Crippen LogP contribution in [-0.4, -0.2) is 28.3 Å². The van der Waals surface area contributed by atoms with E-state index in [2.05, 4.69) is 16.1 Å². The Morgan fingerprint density at radius 3 is 2.84 bits per heavy atom. The van der Waals surface area contributed by atoms with Gasteiger partial charge < -0.3 is 4.74 Å². The Hall–Kier alpha value is -1.52. The molecule has 2 rings (SSSR count). The molecule has 0 fully saturated rings. The molecule has 19 heavy (non-hydrogen) atoms. The summed E-state index contributed by atoms with van der Waals surface area (Å²) in [5, 5.41) is 4.82. The summed E-state index contributed by atoms with van der Waals surface area (Å²) < 4.78 is 7.43. The molecule has 4 nitrogen and oxygen atoms in total. The second-order valence-electron chi connectivity index (χ2n) is 4.39. The van der Waals surface area contributed by atoms with Crippen molar-refractivity contribution in [3.8, 4) is 5.75 Å². The first-order valence-corrected chi connectivity index (χ1v) is 6.64. The van der Waals surface area contributed by atoms with Crippen LogP contribution in [0.5, 0.6) is 5.75 Å². The first-order chi connectivity index (χ1) is 9.19. The van der Waals surface area contributed by atoms with Crippen LogP contribution in [0.3, 0.4) is 0 Å². The van der Waals surface area contributed by atoms with Crippen LogP contribution >= 0.6 is 11.6 Å². The number of hydrogen-bond acceptors (Lipinski definition) is 3. The summed E-state index contributed by atoms with van der Waals surface area (Å²) >= 11 is 5.85. The largest absolute Gasteiger partial charge is 0.494 e. The zero-order chi connectivity index (χ0) is 13.7. The van der Waals surface area contributed by atoms with E-state index in [1.54, 1.807) is 6.20 Å². The topological polar surface area (TPSA) is 30.3 Å². The van der Waals surface area contributed by atoms with Crippen LogP contribution in [-0.2, 0) is 13.2 Å². The molecule has 5 heteroatoms. The summed E-state index contributed by atoms with van der Waals surface area (Å²) in [5.74, 6) is 0.940. The Morgan fingerprint density at radius 1 is 1.37 bits per heavy atom. The molecule has 1 heterocycles. The molecular weight excluding hydrogens is 262 g/mol. The highest BCUT2D eigenvalue weighted by molar-refractivity contribution is 6.30. The fourth-order valence-electron chi connectivity index (χ4n) is 1.93. The minimum Gasteiger partial charge on any atom is -0.494 e.